The van der Waals surface area contributed by atoms with Gasteiger partial charge >= 0.3 is 0 Å². The molecule has 1 aliphatic rings. The number of rotatable bonds is 2. The number of nitrogens with one attached hydrogen (secondary N) is 2. The molecule has 19 heavy (non-hydrogen) atoms. The predicted octanol–water partition coefficient (Wildman–Crippen LogP) is 3.46. The van der Waals surface area contributed by atoms with Crippen LogP contribution in [0.1, 0.15) is 35.3 Å². The summed E-state index contributed by atoms with van der Waals surface area (Å²) in [5.74, 6) is 1.14. The van der Waals surface area contributed by atoms with Crippen molar-refractivity contribution in [2.75, 3.05) is 5.32 Å². The second kappa shape index (κ2) is 4.43. The highest BCUT2D eigenvalue weighted by molar-refractivity contribution is 5.96. The third-order valence-electron chi connectivity index (χ3n) is 3.41. The summed E-state index contributed by atoms with van der Waals surface area (Å²) in [6, 6.07) is 10.1. The lowest BCUT2D eigenvalue weighted by Crippen LogP contribution is -2.18. The SMILES string of the molecule is CC(=O)c1cccc(C2=CC(C)Nc3[nH]ccc32)c1. The van der Waals surface area contributed by atoms with Crippen LogP contribution in [0.3, 0.4) is 0 Å². The molecule has 1 unspecified atom stereocenters. The number of Topliss-reactive ketones (excluding diaryl/α,β-unsaturated/α-hetero) is 1. The lowest BCUT2D eigenvalue weighted by molar-refractivity contribution is 0.101. The largest absolute Gasteiger partial charge is 0.365 e. The average molecular weight is 252 g/mol. The van der Waals surface area contributed by atoms with Crippen LogP contribution in [0.25, 0.3) is 5.57 Å². The molecule has 3 rings (SSSR count). The molecule has 0 fully saturated rings. The van der Waals surface area contributed by atoms with E-state index in [2.05, 4.69) is 29.4 Å². The van der Waals surface area contributed by atoms with Gasteiger partial charge in [-0.15, -0.1) is 0 Å². The first-order chi connectivity index (χ1) is 9.15. The molecule has 3 heteroatoms. The maximum absolute atomic E-state index is 11.5. The van der Waals surface area contributed by atoms with Gasteiger partial charge in [0.05, 0.1) is 0 Å². The van der Waals surface area contributed by atoms with Crippen molar-refractivity contribution in [3.05, 3.63) is 59.3 Å². The Bertz CT molecular complexity index is 667. The van der Waals surface area contributed by atoms with Gasteiger partial charge in [0.15, 0.2) is 5.78 Å². The molecule has 1 aliphatic heterocycles. The first-order valence-electron chi connectivity index (χ1n) is 6.42. The number of aromatic amines is 1. The number of hydrogen-bond acceptors (Lipinski definition) is 2. The molecule has 1 aromatic carbocycles. The highest BCUT2D eigenvalue weighted by atomic mass is 16.1. The Morgan fingerprint density at radius 3 is 2.89 bits per heavy atom. The van der Waals surface area contributed by atoms with Gasteiger partial charge in [0.2, 0.25) is 0 Å². The molecule has 2 aromatic rings. The Hall–Kier alpha value is -2.29. The monoisotopic (exact) mass is 252 g/mol. The predicted molar refractivity (Wildman–Crippen MR) is 77.4 cm³/mol. The number of hydrogen-bond donors (Lipinski definition) is 2. The Kier molecular flexibility index (Phi) is 2.75. The van der Waals surface area contributed by atoms with Gasteiger partial charge < -0.3 is 10.3 Å². The summed E-state index contributed by atoms with van der Waals surface area (Å²) in [7, 11) is 0. The van der Waals surface area contributed by atoms with Crippen molar-refractivity contribution in [2.24, 2.45) is 0 Å². The highest BCUT2D eigenvalue weighted by Gasteiger charge is 2.18. The Labute approximate surface area is 112 Å². The molecule has 1 atom stereocenters. The van der Waals surface area contributed by atoms with Crippen molar-refractivity contribution in [3.63, 3.8) is 0 Å². The molecular weight excluding hydrogens is 236 g/mol. The van der Waals surface area contributed by atoms with Crippen molar-refractivity contribution in [3.8, 4) is 0 Å². The molecule has 96 valence electrons. The van der Waals surface area contributed by atoms with Crippen LogP contribution in [0, 0.1) is 0 Å². The van der Waals surface area contributed by atoms with Crippen molar-refractivity contribution < 1.29 is 4.79 Å². The molecule has 0 radical (unpaired) electrons. The number of carbonyl (C=O) groups excluding carboxylic acids is 1. The van der Waals surface area contributed by atoms with Gasteiger partial charge in [-0.25, -0.2) is 0 Å². The molecule has 0 bridgehead atoms. The van der Waals surface area contributed by atoms with Crippen LogP contribution in [0.2, 0.25) is 0 Å². The molecule has 0 amide bonds. The second-order valence-electron chi connectivity index (χ2n) is 4.92. The van der Waals surface area contributed by atoms with E-state index in [0.717, 1.165) is 22.5 Å². The van der Waals surface area contributed by atoms with E-state index in [9.17, 15) is 4.79 Å². The molecular formula is C16H16N2O. The summed E-state index contributed by atoms with van der Waals surface area (Å²) in [4.78, 5) is 14.7. The van der Waals surface area contributed by atoms with Gasteiger partial charge in [0, 0.05) is 23.4 Å². The normalized spacial score (nSPS) is 17.4. The van der Waals surface area contributed by atoms with Gasteiger partial charge in [0.1, 0.15) is 5.82 Å². The van der Waals surface area contributed by atoms with E-state index in [1.165, 1.54) is 5.57 Å². The number of aromatic nitrogens is 1. The van der Waals surface area contributed by atoms with Crippen molar-refractivity contribution in [1.29, 1.82) is 0 Å². The van der Waals surface area contributed by atoms with Crippen LogP contribution >= 0.6 is 0 Å². The van der Waals surface area contributed by atoms with Crippen LogP contribution in [-0.4, -0.2) is 16.8 Å². The van der Waals surface area contributed by atoms with E-state index < -0.39 is 0 Å². The molecule has 1 aromatic heterocycles. The zero-order valence-corrected chi connectivity index (χ0v) is 11.0. The molecule has 2 N–H and O–H groups in total. The molecule has 2 heterocycles. The van der Waals surface area contributed by atoms with Crippen LogP contribution < -0.4 is 5.32 Å². The lowest BCUT2D eigenvalue weighted by Gasteiger charge is -2.21. The summed E-state index contributed by atoms with van der Waals surface area (Å²) in [5, 5.41) is 3.38. The minimum absolute atomic E-state index is 0.0960. The fourth-order valence-electron chi connectivity index (χ4n) is 2.48. The molecule has 0 saturated carbocycles. The summed E-state index contributed by atoms with van der Waals surface area (Å²) >= 11 is 0. The molecule has 0 saturated heterocycles. The van der Waals surface area contributed by atoms with Crippen LogP contribution in [0.4, 0.5) is 5.82 Å². The highest BCUT2D eigenvalue weighted by Crippen LogP contribution is 2.33. The number of ketones is 1. The zero-order valence-electron chi connectivity index (χ0n) is 11.0. The summed E-state index contributed by atoms with van der Waals surface area (Å²) in [6.45, 7) is 3.71. The number of H-pyrrole nitrogens is 1. The van der Waals surface area contributed by atoms with Crippen molar-refractivity contribution >= 4 is 17.2 Å². The van der Waals surface area contributed by atoms with E-state index in [1.807, 2.05) is 30.5 Å². The summed E-state index contributed by atoms with van der Waals surface area (Å²) < 4.78 is 0. The number of fused-ring (bicyclic) bond motifs is 1. The van der Waals surface area contributed by atoms with Gasteiger partial charge in [-0.2, -0.15) is 0 Å². The maximum atomic E-state index is 11.5. The topological polar surface area (TPSA) is 44.9 Å². The molecule has 3 nitrogen and oxygen atoms in total. The first-order valence-corrected chi connectivity index (χ1v) is 6.42. The van der Waals surface area contributed by atoms with Gasteiger partial charge in [-0.3, -0.25) is 4.79 Å². The zero-order chi connectivity index (χ0) is 13.4. The smallest absolute Gasteiger partial charge is 0.159 e. The Morgan fingerprint density at radius 2 is 2.11 bits per heavy atom. The van der Waals surface area contributed by atoms with Gasteiger partial charge in [-0.1, -0.05) is 24.3 Å². The third kappa shape index (κ3) is 2.08. The van der Waals surface area contributed by atoms with Gasteiger partial charge in [0.25, 0.3) is 0 Å². The van der Waals surface area contributed by atoms with E-state index >= 15 is 0 Å². The summed E-state index contributed by atoms with van der Waals surface area (Å²) in [5.41, 5.74) is 4.16. The minimum atomic E-state index is 0.0960. The third-order valence-corrected chi connectivity index (χ3v) is 3.41. The first kappa shape index (κ1) is 11.8. The fourth-order valence-corrected chi connectivity index (χ4v) is 2.48. The standard InChI is InChI=1S/C16H16N2O/c1-10-8-15(14-6-7-17-16(14)18-10)13-5-3-4-12(9-13)11(2)19/h3-10,17-18H,1-2H3. The van der Waals surface area contributed by atoms with E-state index in [0.29, 0.717) is 0 Å². The van der Waals surface area contributed by atoms with Crippen molar-refractivity contribution in [1.82, 2.24) is 4.98 Å². The summed E-state index contributed by atoms with van der Waals surface area (Å²) in [6.07, 6.45) is 4.12. The molecule has 0 spiro atoms. The molecule has 0 aliphatic carbocycles. The average Bonchev–Trinajstić information content (AvgIpc) is 2.85. The number of anilines is 1. The van der Waals surface area contributed by atoms with Crippen LogP contribution in [0.15, 0.2) is 42.6 Å². The quantitative estimate of drug-likeness (QED) is 0.804. The van der Waals surface area contributed by atoms with Crippen LogP contribution in [-0.2, 0) is 0 Å². The number of benzene rings is 1. The Morgan fingerprint density at radius 1 is 1.26 bits per heavy atom. The Balaban J connectivity index is 2.11. The maximum Gasteiger partial charge on any atom is 0.159 e. The van der Waals surface area contributed by atoms with Crippen LogP contribution in [0.5, 0.6) is 0 Å². The van der Waals surface area contributed by atoms with E-state index in [1.54, 1.807) is 6.92 Å². The van der Waals surface area contributed by atoms with Crippen molar-refractivity contribution in [2.45, 2.75) is 19.9 Å². The van der Waals surface area contributed by atoms with E-state index in [4.69, 9.17) is 0 Å². The minimum Gasteiger partial charge on any atom is -0.365 e. The van der Waals surface area contributed by atoms with Gasteiger partial charge in [-0.05, 0) is 37.1 Å². The fraction of sp³-hybridized carbons (Fsp3) is 0.188. The van der Waals surface area contributed by atoms with E-state index in [-0.39, 0.29) is 11.8 Å². The lowest BCUT2D eigenvalue weighted by atomic mass is 9.93. The second-order valence-corrected chi connectivity index (χ2v) is 4.92. The number of carbonyl (C=O) groups is 1.